The van der Waals surface area contributed by atoms with Crippen molar-refractivity contribution in [1.29, 1.82) is 0 Å². The molecule has 94 valence electrons. The first-order valence-electron chi connectivity index (χ1n) is 5.80. The summed E-state index contributed by atoms with van der Waals surface area (Å²) in [5.74, 6) is 1.10. The Morgan fingerprint density at radius 2 is 1.82 bits per heavy atom. The van der Waals surface area contributed by atoms with Crippen LogP contribution in [0, 0.1) is 5.41 Å². The highest BCUT2D eigenvalue weighted by molar-refractivity contribution is 5.78. The van der Waals surface area contributed by atoms with Crippen molar-refractivity contribution in [3.05, 3.63) is 29.8 Å². The van der Waals surface area contributed by atoms with Crippen LogP contribution in [0.3, 0.4) is 0 Å². The highest BCUT2D eigenvalue weighted by Crippen LogP contribution is 2.28. The fourth-order valence-electron chi connectivity index (χ4n) is 1.45. The zero-order valence-corrected chi connectivity index (χ0v) is 11.1. The molecule has 0 heterocycles. The predicted octanol–water partition coefficient (Wildman–Crippen LogP) is 2.57. The molecule has 0 fully saturated rings. The van der Waals surface area contributed by atoms with Gasteiger partial charge in [-0.2, -0.15) is 0 Å². The minimum atomic E-state index is -0.439. The maximum atomic E-state index is 10.7. The average Bonchev–Trinajstić information content (AvgIpc) is 2.24. The zero-order valence-electron chi connectivity index (χ0n) is 11.1. The van der Waals surface area contributed by atoms with Crippen LogP contribution < -0.4 is 9.99 Å². The van der Waals surface area contributed by atoms with Crippen LogP contribution in [0.2, 0.25) is 0 Å². The maximum Gasteiger partial charge on any atom is 0.509 e. The molecule has 1 rings (SSSR count). The highest BCUT2D eigenvalue weighted by Gasteiger charge is 2.34. The summed E-state index contributed by atoms with van der Waals surface area (Å²) in [7, 11) is 0. The van der Waals surface area contributed by atoms with E-state index in [2.05, 4.69) is 18.4 Å². The summed E-state index contributed by atoms with van der Waals surface area (Å²) in [6, 6.07) is 7.68. The average molecular weight is 236 g/mol. The Kier molecular flexibility index (Phi) is 4.16. The first kappa shape index (κ1) is 13.6. The molecule has 0 spiro atoms. The summed E-state index contributed by atoms with van der Waals surface area (Å²) in [5.41, 5.74) is 0.623. The lowest BCUT2D eigenvalue weighted by Crippen LogP contribution is -2.31. The van der Waals surface area contributed by atoms with E-state index < -0.39 is 5.41 Å². The van der Waals surface area contributed by atoms with E-state index in [9.17, 15) is 5.26 Å². The molecule has 0 N–H and O–H groups in total. The Morgan fingerprint density at radius 1 is 1.24 bits per heavy atom. The van der Waals surface area contributed by atoms with E-state index in [-0.39, 0.29) is 5.97 Å². The van der Waals surface area contributed by atoms with Crippen molar-refractivity contribution in [2.45, 2.75) is 40.5 Å². The second kappa shape index (κ2) is 5.21. The van der Waals surface area contributed by atoms with Crippen LogP contribution in [-0.2, 0) is 4.58 Å². The first-order valence-corrected chi connectivity index (χ1v) is 5.80. The Bertz CT molecular complexity index is 400. The van der Waals surface area contributed by atoms with E-state index in [1.54, 1.807) is 0 Å². The van der Waals surface area contributed by atoms with Crippen molar-refractivity contribution in [1.82, 2.24) is 0 Å². The van der Waals surface area contributed by atoms with Crippen molar-refractivity contribution in [3.8, 4) is 5.75 Å². The quantitative estimate of drug-likeness (QED) is 0.260. The van der Waals surface area contributed by atoms with Gasteiger partial charge in [0.1, 0.15) is 5.41 Å². The minimum Gasteiger partial charge on any atom is -0.588 e. The lowest BCUT2D eigenvalue weighted by Gasteiger charge is -2.13. The van der Waals surface area contributed by atoms with Crippen LogP contribution >= 0.6 is 0 Å². The largest absolute Gasteiger partial charge is 0.588 e. The molecule has 3 nitrogen and oxygen atoms in total. The van der Waals surface area contributed by atoms with Gasteiger partial charge in [-0.1, -0.05) is 32.0 Å². The summed E-state index contributed by atoms with van der Waals surface area (Å²) in [6.07, 6.45) is 0. The minimum absolute atomic E-state index is 0.0885. The molecule has 0 aliphatic heterocycles. The molecule has 0 bridgehead atoms. The Balaban J connectivity index is 3.03. The molecule has 0 saturated heterocycles. The van der Waals surface area contributed by atoms with Gasteiger partial charge in [0.15, 0.2) is 0 Å². The smallest absolute Gasteiger partial charge is 0.509 e. The lowest BCUT2D eigenvalue weighted by molar-refractivity contribution is -1.05. The molecule has 0 aliphatic rings. The summed E-state index contributed by atoms with van der Waals surface area (Å²) < 4.78 is 9.70. The van der Waals surface area contributed by atoms with Gasteiger partial charge >= 0.3 is 5.97 Å². The van der Waals surface area contributed by atoms with E-state index in [0.717, 1.165) is 5.56 Å². The fourth-order valence-corrected chi connectivity index (χ4v) is 1.45. The van der Waals surface area contributed by atoms with Gasteiger partial charge < -0.3 is 5.26 Å². The molecular formula is C14H20O3. The van der Waals surface area contributed by atoms with E-state index in [0.29, 0.717) is 11.7 Å². The molecule has 0 amide bonds. The summed E-state index contributed by atoms with van der Waals surface area (Å²) in [5, 5.41) is 10.7. The Hall–Kier alpha value is -1.51. The SMILES string of the molecule is CC(C)c1ccccc1OC(=[O+][O-])C(C)(C)C. The molecule has 0 saturated carbocycles. The Labute approximate surface area is 103 Å². The standard InChI is InChI=1S/C14H20O3/c1-10(2)11-8-6-7-9-12(11)16-13(17-15)14(3,4)5/h6-10H,1-5H3. The number of rotatable bonds is 2. The number of hydrogen-bond acceptors (Lipinski definition) is 2. The molecule has 17 heavy (non-hydrogen) atoms. The molecule has 0 unspecified atom stereocenters. The second-order valence-electron chi connectivity index (χ2n) is 5.42. The van der Waals surface area contributed by atoms with E-state index in [4.69, 9.17) is 4.74 Å². The van der Waals surface area contributed by atoms with Crippen LogP contribution in [0.1, 0.15) is 46.1 Å². The topological polar surface area (TPSA) is 43.6 Å². The van der Waals surface area contributed by atoms with Crippen LogP contribution in [0.25, 0.3) is 0 Å². The fraction of sp³-hybridized carbons (Fsp3) is 0.500. The van der Waals surface area contributed by atoms with E-state index >= 15 is 0 Å². The highest BCUT2D eigenvalue weighted by atomic mass is 17.1. The summed E-state index contributed by atoms with van der Waals surface area (Å²) in [6.45, 7) is 9.78. The molecule has 0 radical (unpaired) electrons. The number of ether oxygens (including phenoxy) is 1. The molecular weight excluding hydrogens is 216 g/mol. The third-order valence-corrected chi connectivity index (χ3v) is 2.43. The van der Waals surface area contributed by atoms with Crippen LogP contribution in [0.5, 0.6) is 5.75 Å². The normalized spacial score (nSPS) is 12.9. The summed E-state index contributed by atoms with van der Waals surface area (Å²) >= 11 is 0. The van der Waals surface area contributed by atoms with Crippen LogP contribution in [-0.4, -0.2) is 5.97 Å². The van der Waals surface area contributed by atoms with Crippen LogP contribution in [0.15, 0.2) is 24.3 Å². The van der Waals surface area contributed by atoms with Gasteiger partial charge in [-0.3, -0.25) is 9.31 Å². The third kappa shape index (κ3) is 3.48. The second-order valence-corrected chi connectivity index (χ2v) is 5.42. The number of carbonyl (C=O) groups excluding carboxylic acids is 1. The molecule has 1 aromatic rings. The van der Waals surface area contributed by atoms with E-state index in [1.807, 2.05) is 45.0 Å². The van der Waals surface area contributed by atoms with Gasteiger partial charge in [0.05, 0.1) is 0 Å². The number of para-hydroxylation sites is 1. The van der Waals surface area contributed by atoms with Crippen molar-refractivity contribution in [3.63, 3.8) is 0 Å². The third-order valence-electron chi connectivity index (χ3n) is 2.43. The molecule has 1 aromatic carbocycles. The Morgan fingerprint density at radius 3 is 2.29 bits per heavy atom. The van der Waals surface area contributed by atoms with Crippen molar-refractivity contribution >= 4 is 5.97 Å². The molecule has 0 aliphatic carbocycles. The number of benzene rings is 1. The van der Waals surface area contributed by atoms with Crippen LogP contribution in [0.4, 0.5) is 0 Å². The molecule has 0 atom stereocenters. The van der Waals surface area contributed by atoms with Crippen molar-refractivity contribution in [2.24, 2.45) is 5.41 Å². The van der Waals surface area contributed by atoms with Gasteiger partial charge in [-0.05, 0) is 26.7 Å². The zero-order chi connectivity index (χ0) is 13.1. The molecule has 0 aromatic heterocycles. The van der Waals surface area contributed by atoms with Gasteiger partial charge in [0.2, 0.25) is 0 Å². The van der Waals surface area contributed by atoms with Crippen molar-refractivity contribution < 1.29 is 14.6 Å². The summed E-state index contributed by atoms with van der Waals surface area (Å²) in [4.78, 5) is 0. The molecule has 3 heteroatoms. The van der Waals surface area contributed by atoms with Gasteiger partial charge in [0.25, 0.3) is 5.75 Å². The maximum absolute atomic E-state index is 10.7. The lowest BCUT2D eigenvalue weighted by atomic mass is 9.97. The van der Waals surface area contributed by atoms with Gasteiger partial charge in [-0.15, -0.1) is 0 Å². The van der Waals surface area contributed by atoms with Gasteiger partial charge in [-0.25, -0.2) is 0 Å². The first-order chi connectivity index (χ1) is 7.86. The van der Waals surface area contributed by atoms with E-state index in [1.165, 1.54) is 0 Å². The van der Waals surface area contributed by atoms with Gasteiger partial charge in [0, 0.05) is 11.6 Å². The monoisotopic (exact) mass is 236 g/mol. The predicted molar refractivity (Wildman–Crippen MR) is 65.6 cm³/mol. The number of hydrogen-bond donors (Lipinski definition) is 0. The van der Waals surface area contributed by atoms with Crippen molar-refractivity contribution in [2.75, 3.05) is 0 Å². The number of esters is 1.